The Morgan fingerprint density at radius 1 is 1.19 bits per heavy atom. The molecule has 0 atom stereocenters. The summed E-state index contributed by atoms with van der Waals surface area (Å²) in [5.74, 6) is -0.920. The fourth-order valence-electron chi connectivity index (χ4n) is 3.14. The maximum atomic E-state index is 12.9. The number of aromatic nitrogens is 2. The standard InChI is InChI=1S/C21H16N4O5S/c1-12-18(19(26)22-16-9-4-3-8-15(16)20(27)30-2)31-21-23-17(11-24(12)21)13-6-5-7-14(10-13)25(28)29/h3-11H,1-2H3,(H,22,26). The number of esters is 1. The predicted octanol–water partition coefficient (Wildman–Crippen LogP) is 4.32. The van der Waals surface area contributed by atoms with Gasteiger partial charge in [-0.05, 0) is 19.1 Å². The molecule has 0 aliphatic rings. The van der Waals surface area contributed by atoms with Gasteiger partial charge in [0, 0.05) is 29.6 Å². The number of hydrogen-bond acceptors (Lipinski definition) is 7. The maximum absolute atomic E-state index is 12.9. The lowest BCUT2D eigenvalue weighted by Gasteiger charge is -2.09. The number of imidazole rings is 1. The quantitative estimate of drug-likeness (QED) is 0.283. The van der Waals surface area contributed by atoms with Crippen molar-refractivity contribution in [1.82, 2.24) is 9.38 Å². The lowest BCUT2D eigenvalue weighted by Crippen LogP contribution is -2.15. The van der Waals surface area contributed by atoms with Crippen LogP contribution in [0.1, 0.15) is 25.7 Å². The summed E-state index contributed by atoms with van der Waals surface area (Å²) in [4.78, 5) is 40.9. The number of methoxy groups -OCH3 is 1. The molecule has 1 N–H and O–H groups in total. The third kappa shape index (κ3) is 3.76. The second kappa shape index (κ2) is 8.00. The number of anilines is 1. The fraction of sp³-hybridized carbons (Fsp3) is 0.0952. The van der Waals surface area contributed by atoms with Crippen LogP contribution >= 0.6 is 11.3 Å². The number of fused-ring (bicyclic) bond motifs is 1. The zero-order chi connectivity index (χ0) is 22.1. The molecule has 2 aromatic carbocycles. The van der Waals surface area contributed by atoms with Crippen LogP contribution in [0.2, 0.25) is 0 Å². The first-order valence-electron chi connectivity index (χ1n) is 9.11. The van der Waals surface area contributed by atoms with E-state index in [2.05, 4.69) is 10.3 Å². The molecule has 0 aliphatic carbocycles. The summed E-state index contributed by atoms with van der Waals surface area (Å²) in [6.07, 6.45) is 1.74. The highest BCUT2D eigenvalue weighted by molar-refractivity contribution is 7.19. The highest BCUT2D eigenvalue weighted by Gasteiger charge is 2.21. The molecule has 4 rings (SSSR count). The van der Waals surface area contributed by atoms with Crippen LogP contribution in [0, 0.1) is 17.0 Å². The second-order valence-corrected chi connectivity index (χ2v) is 7.57. The first-order chi connectivity index (χ1) is 14.9. The van der Waals surface area contributed by atoms with E-state index in [1.807, 2.05) is 0 Å². The number of non-ortho nitro benzene ring substituents is 1. The maximum Gasteiger partial charge on any atom is 0.339 e. The summed E-state index contributed by atoms with van der Waals surface area (Å²) >= 11 is 1.19. The van der Waals surface area contributed by atoms with E-state index in [1.165, 1.54) is 30.6 Å². The molecule has 0 unspecified atom stereocenters. The summed E-state index contributed by atoms with van der Waals surface area (Å²) in [5, 5.41) is 13.8. The Balaban J connectivity index is 1.65. The van der Waals surface area contributed by atoms with E-state index in [-0.39, 0.29) is 17.2 Å². The second-order valence-electron chi connectivity index (χ2n) is 6.59. The van der Waals surface area contributed by atoms with Gasteiger partial charge in [0.15, 0.2) is 4.96 Å². The molecule has 0 fully saturated rings. The van der Waals surface area contributed by atoms with Crippen LogP contribution in [-0.4, -0.2) is 33.3 Å². The molecule has 2 aromatic heterocycles. The number of rotatable bonds is 5. The van der Waals surface area contributed by atoms with Crippen LogP contribution in [0.15, 0.2) is 54.7 Å². The zero-order valence-corrected chi connectivity index (χ0v) is 17.3. The van der Waals surface area contributed by atoms with E-state index in [1.54, 1.807) is 53.9 Å². The highest BCUT2D eigenvalue weighted by Crippen LogP contribution is 2.29. The monoisotopic (exact) mass is 436 g/mol. The lowest BCUT2D eigenvalue weighted by atomic mass is 10.1. The van der Waals surface area contributed by atoms with Crippen LogP contribution in [0.5, 0.6) is 0 Å². The van der Waals surface area contributed by atoms with Gasteiger partial charge in [-0.3, -0.25) is 19.3 Å². The number of nitro benzene ring substituents is 1. The molecule has 0 aliphatic heterocycles. The molecule has 0 saturated carbocycles. The minimum Gasteiger partial charge on any atom is -0.465 e. The minimum absolute atomic E-state index is 0.0186. The Labute approximate surface area is 180 Å². The molecule has 0 bridgehead atoms. The summed E-state index contributed by atoms with van der Waals surface area (Å²) in [7, 11) is 1.28. The molecule has 10 heteroatoms. The Hall–Kier alpha value is -4.05. The molecule has 9 nitrogen and oxygen atoms in total. The van der Waals surface area contributed by atoms with Gasteiger partial charge in [0.05, 0.1) is 29.0 Å². The molecule has 156 valence electrons. The topological polar surface area (TPSA) is 116 Å². The normalized spacial score (nSPS) is 10.8. The number of aryl methyl sites for hydroxylation is 1. The molecule has 0 spiro atoms. The zero-order valence-electron chi connectivity index (χ0n) is 16.5. The van der Waals surface area contributed by atoms with Crippen molar-refractivity contribution in [2.24, 2.45) is 0 Å². The van der Waals surface area contributed by atoms with E-state index in [9.17, 15) is 19.7 Å². The molecule has 0 saturated heterocycles. The number of ether oxygens (including phenoxy) is 1. The summed E-state index contributed by atoms with van der Waals surface area (Å²) in [5.41, 5.74) is 2.43. The van der Waals surface area contributed by atoms with Crippen LogP contribution in [0.25, 0.3) is 16.2 Å². The van der Waals surface area contributed by atoms with E-state index >= 15 is 0 Å². The molecule has 2 heterocycles. The van der Waals surface area contributed by atoms with Crippen molar-refractivity contribution in [3.63, 3.8) is 0 Å². The van der Waals surface area contributed by atoms with Crippen molar-refractivity contribution in [1.29, 1.82) is 0 Å². The van der Waals surface area contributed by atoms with E-state index in [0.29, 0.717) is 32.5 Å². The van der Waals surface area contributed by atoms with Gasteiger partial charge in [-0.15, -0.1) is 0 Å². The number of hydrogen-bond donors (Lipinski definition) is 1. The van der Waals surface area contributed by atoms with Gasteiger partial charge in [-0.25, -0.2) is 9.78 Å². The van der Waals surface area contributed by atoms with Crippen LogP contribution in [0.4, 0.5) is 11.4 Å². The van der Waals surface area contributed by atoms with Crippen molar-refractivity contribution in [2.45, 2.75) is 6.92 Å². The number of nitrogens with zero attached hydrogens (tertiary/aromatic N) is 3. The van der Waals surface area contributed by atoms with Crippen molar-refractivity contribution in [2.75, 3.05) is 12.4 Å². The largest absolute Gasteiger partial charge is 0.465 e. The van der Waals surface area contributed by atoms with E-state index in [4.69, 9.17) is 4.74 Å². The number of benzene rings is 2. The first-order valence-corrected chi connectivity index (χ1v) is 9.92. The van der Waals surface area contributed by atoms with Crippen molar-refractivity contribution in [3.8, 4) is 11.3 Å². The number of carbonyl (C=O) groups is 2. The average Bonchev–Trinajstić information content (AvgIpc) is 3.33. The minimum atomic E-state index is -0.546. The van der Waals surface area contributed by atoms with Crippen LogP contribution < -0.4 is 5.32 Å². The summed E-state index contributed by atoms with van der Waals surface area (Å²) in [6.45, 7) is 1.78. The number of nitrogens with one attached hydrogen (secondary N) is 1. The Kier molecular flexibility index (Phi) is 5.22. The number of nitro groups is 1. The van der Waals surface area contributed by atoms with Crippen molar-refractivity contribution >= 4 is 39.5 Å². The number of amides is 1. The Morgan fingerprint density at radius 2 is 1.97 bits per heavy atom. The average molecular weight is 436 g/mol. The number of carbonyl (C=O) groups excluding carboxylic acids is 2. The van der Waals surface area contributed by atoms with Crippen molar-refractivity contribution < 1.29 is 19.2 Å². The van der Waals surface area contributed by atoms with Gasteiger partial charge in [-0.2, -0.15) is 0 Å². The molecule has 1 amide bonds. The lowest BCUT2D eigenvalue weighted by molar-refractivity contribution is -0.384. The first kappa shape index (κ1) is 20.2. The summed E-state index contributed by atoms with van der Waals surface area (Å²) in [6, 6.07) is 12.8. The molecular weight excluding hydrogens is 420 g/mol. The third-order valence-corrected chi connectivity index (χ3v) is 5.85. The molecule has 31 heavy (non-hydrogen) atoms. The van der Waals surface area contributed by atoms with Gasteiger partial charge in [0.25, 0.3) is 11.6 Å². The van der Waals surface area contributed by atoms with Gasteiger partial charge in [0.2, 0.25) is 0 Å². The van der Waals surface area contributed by atoms with Crippen LogP contribution in [-0.2, 0) is 4.74 Å². The van der Waals surface area contributed by atoms with Gasteiger partial charge < -0.3 is 10.1 Å². The Bertz CT molecular complexity index is 1340. The number of thiazole rings is 1. The fourth-order valence-corrected chi connectivity index (χ4v) is 4.14. The third-order valence-electron chi connectivity index (χ3n) is 4.70. The highest BCUT2D eigenvalue weighted by atomic mass is 32.1. The Morgan fingerprint density at radius 3 is 2.68 bits per heavy atom. The van der Waals surface area contributed by atoms with Crippen molar-refractivity contribution in [3.05, 3.63) is 81.0 Å². The molecule has 0 radical (unpaired) electrons. The van der Waals surface area contributed by atoms with Crippen LogP contribution in [0.3, 0.4) is 0 Å². The SMILES string of the molecule is COC(=O)c1ccccc1NC(=O)c1sc2nc(-c3cccc([N+](=O)[O-])c3)cn2c1C. The van der Waals surface area contributed by atoms with Gasteiger partial charge in [-0.1, -0.05) is 35.6 Å². The number of para-hydroxylation sites is 1. The molecular formula is C21H16N4O5S. The van der Waals surface area contributed by atoms with E-state index < -0.39 is 10.9 Å². The molecule has 4 aromatic rings. The predicted molar refractivity (Wildman–Crippen MR) is 116 cm³/mol. The summed E-state index contributed by atoms with van der Waals surface area (Å²) < 4.78 is 6.52. The van der Waals surface area contributed by atoms with E-state index in [0.717, 1.165) is 0 Å². The van der Waals surface area contributed by atoms with Gasteiger partial charge >= 0.3 is 5.97 Å². The van der Waals surface area contributed by atoms with Gasteiger partial charge in [0.1, 0.15) is 4.88 Å². The smallest absolute Gasteiger partial charge is 0.339 e.